The van der Waals surface area contributed by atoms with Crippen LogP contribution in [0.25, 0.3) is 10.9 Å². The van der Waals surface area contributed by atoms with Crippen molar-refractivity contribution in [2.45, 2.75) is 19.3 Å². The van der Waals surface area contributed by atoms with Crippen LogP contribution in [0.5, 0.6) is 0 Å². The van der Waals surface area contributed by atoms with Crippen LogP contribution in [0.4, 0.5) is 0 Å². The van der Waals surface area contributed by atoms with Gasteiger partial charge < -0.3 is 0 Å². The molecule has 0 radical (unpaired) electrons. The topological polar surface area (TPSA) is 60.5 Å². The van der Waals surface area contributed by atoms with Crippen molar-refractivity contribution in [2.24, 2.45) is 5.92 Å². The number of rotatable bonds is 4. The van der Waals surface area contributed by atoms with Gasteiger partial charge in [0.2, 0.25) is 0 Å². The van der Waals surface area contributed by atoms with Crippen molar-refractivity contribution in [3.8, 4) is 12.1 Å². The average molecular weight is 311 g/mol. The molecule has 0 N–H and O–H groups in total. The van der Waals surface area contributed by atoms with Gasteiger partial charge in [-0.15, -0.1) is 0 Å². The molecule has 0 amide bonds. The molecule has 1 aromatic heterocycles. The fourth-order valence-electron chi connectivity index (χ4n) is 2.96. The van der Waals surface area contributed by atoms with Crippen LogP contribution in [0.3, 0.4) is 0 Å². The lowest BCUT2D eigenvalue weighted by molar-refractivity contribution is 0.601. The molecule has 0 aliphatic rings. The third kappa shape index (κ3) is 3.26. The summed E-state index contributed by atoms with van der Waals surface area (Å²) in [5.41, 5.74) is 4.04. The Morgan fingerprint density at radius 3 is 2.42 bits per heavy atom. The smallest absolute Gasteiger partial charge is 0.140 e. The highest BCUT2D eigenvalue weighted by Gasteiger charge is 2.23. The molecule has 0 aliphatic heterocycles. The number of aromatic nitrogens is 1. The maximum atomic E-state index is 9.35. The van der Waals surface area contributed by atoms with E-state index in [2.05, 4.69) is 31.2 Å². The molecule has 0 bridgehead atoms. The van der Waals surface area contributed by atoms with E-state index in [9.17, 15) is 10.5 Å². The van der Waals surface area contributed by atoms with Gasteiger partial charge in [-0.2, -0.15) is 10.5 Å². The minimum absolute atomic E-state index is 0.184. The molecule has 0 spiro atoms. The zero-order valence-electron chi connectivity index (χ0n) is 13.5. The van der Waals surface area contributed by atoms with E-state index in [-0.39, 0.29) is 5.92 Å². The van der Waals surface area contributed by atoms with Crippen molar-refractivity contribution in [1.82, 2.24) is 4.98 Å². The Hall–Kier alpha value is -3.17. The number of aryl methyl sites for hydroxylation is 1. The summed E-state index contributed by atoms with van der Waals surface area (Å²) in [6, 6.07) is 24.2. The summed E-state index contributed by atoms with van der Waals surface area (Å²) >= 11 is 0. The molecule has 0 fully saturated rings. The Labute approximate surface area is 141 Å². The second-order valence-electron chi connectivity index (χ2n) is 5.96. The number of nitrogens with zero attached hydrogens (tertiary/aromatic N) is 3. The highest BCUT2D eigenvalue weighted by molar-refractivity contribution is 5.79. The normalized spacial score (nSPS) is 11.8. The van der Waals surface area contributed by atoms with E-state index in [1.165, 1.54) is 5.56 Å². The van der Waals surface area contributed by atoms with Crippen LogP contribution >= 0.6 is 0 Å². The maximum Gasteiger partial charge on any atom is 0.140 e. The molecule has 116 valence electrons. The standard InChI is InChI=1S/C21H17N3/c1-15-7-10-21-17(11-15)8-9-19(24-21)12-20(18(13-22)14-23)16-5-3-2-4-6-16/h2-11,18,20H,12H2,1H3. The summed E-state index contributed by atoms with van der Waals surface area (Å²) in [4.78, 5) is 4.71. The molecule has 0 saturated carbocycles. The fraction of sp³-hybridized carbons (Fsp3) is 0.190. The zero-order chi connectivity index (χ0) is 16.9. The molecule has 1 unspecified atom stereocenters. The minimum atomic E-state index is -0.692. The molecule has 3 aromatic rings. The molecular weight excluding hydrogens is 294 g/mol. The number of nitriles is 2. The summed E-state index contributed by atoms with van der Waals surface area (Å²) in [7, 11) is 0. The molecule has 0 aliphatic carbocycles. The maximum absolute atomic E-state index is 9.35. The van der Waals surface area contributed by atoms with Crippen LogP contribution in [-0.4, -0.2) is 4.98 Å². The van der Waals surface area contributed by atoms with Crippen LogP contribution in [-0.2, 0) is 6.42 Å². The van der Waals surface area contributed by atoms with E-state index in [4.69, 9.17) is 4.98 Å². The SMILES string of the molecule is Cc1ccc2nc(CC(c3ccccc3)C(C#N)C#N)ccc2c1. The lowest BCUT2D eigenvalue weighted by Crippen LogP contribution is -2.13. The van der Waals surface area contributed by atoms with Crippen LogP contribution in [0.2, 0.25) is 0 Å². The summed E-state index contributed by atoms with van der Waals surface area (Å²) < 4.78 is 0. The van der Waals surface area contributed by atoms with Crippen LogP contribution in [0.1, 0.15) is 22.7 Å². The van der Waals surface area contributed by atoms with Gasteiger partial charge in [-0.1, -0.05) is 48.0 Å². The monoisotopic (exact) mass is 311 g/mol. The first-order valence-electron chi connectivity index (χ1n) is 7.91. The Balaban J connectivity index is 1.97. The summed E-state index contributed by atoms with van der Waals surface area (Å²) in [6.45, 7) is 2.06. The zero-order valence-corrected chi connectivity index (χ0v) is 13.5. The van der Waals surface area contributed by atoms with Crippen molar-refractivity contribution in [3.63, 3.8) is 0 Å². The van der Waals surface area contributed by atoms with Gasteiger partial charge in [0.05, 0.1) is 17.7 Å². The number of fused-ring (bicyclic) bond motifs is 1. The molecule has 1 atom stereocenters. The number of benzene rings is 2. The largest absolute Gasteiger partial charge is 0.253 e. The highest BCUT2D eigenvalue weighted by atomic mass is 14.7. The van der Waals surface area contributed by atoms with Crippen molar-refractivity contribution in [1.29, 1.82) is 10.5 Å². The van der Waals surface area contributed by atoms with Gasteiger partial charge >= 0.3 is 0 Å². The van der Waals surface area contributed by atoms with Crippen LogP contribution in [0.15, 0.2) is 60.7 Å². The first-order chi connectivity index (χ1) is 11.7. The molecule has 3 rings (SSSR count). The third-order valence-corrected chi connectivity index (χ3v) is 4.24. The third-order valence-electron chi connectivity index (χ3n) is 4.24. The number of hydrogen-bond donors (Lipinski definition) is 0. The first-order valence-corrected chi connectivity index (χ1v) is 7.91. The first kappa shape index (κ1) is 15.7. The van der Waals surface area contributed by atoms with Gasteiger partial charge in [0.25, 0.3) is 0 Å². The lowest BCUT2D eigenvalue weighted by Gasteiger charge is -2.18. The van der Waals surface area contributed by atoms with E-state index in [1.807, 2.05) is 48.5 Å². The van der Waals surface area contributed by atoms with Gasteiger partial charge in [-0.05, 0) is 37.1 Å². The van der Waals surface area contributed by atoms with Gasteiger partial charge in [0.1, 0.15) is 5.92 Å². The molecule has 2 aromatic carbocycles. The second-order valence-corrected chi connectivity index (χ2v) is 5.96. The quantitative estimate of drug-likeness (QED) is 0.711. The molecule has 24 heavy (non-hydrogen) atoms. The van der Waals surface area contributed by atoms with E-state index < -0.39 is 5.92 Å². The Morgan fingerprint density at radius 1 is 0.958 bits per heavy atom. The van der Waals surface area contributed by atoms with Crippen molar-refractivity contribution >= 4 is 10.9 Å². The summed E-state index contributed by atoms with van der Waals surface area (Å²) in [5.74, 6) is -0.875. The van der Waals surface area contributed by atoms with Crippen molar-refractivity contribution < 1.29 is 0 Å². The Morgan fingerprint density at radius 2 is 1.71 bits per heavy atom. The second kappa shape index (κ2) is 6.94. The van der Waals surface area contributed by atoms with Crippen LogP contribution in [0, 0.1) is 35.5 Å². The number of hydrogen-bond acceptors (Lipinski definition) is 3. The minimum Gasteiger partial charge on any atom is -0.253 e. The molecular formula is C21H17N3. The highest BCUT2D eigenvalue weighted by Crippen LogP contribution is 2.28. The van der Waals surface area contributed by atoms with Crippen LogP contribution < -0.4 is 0 Å². The number of pyridine rings is 1. The van der Waals surface area contributed by atoms with Gasteiger partial charge in [0, 0.05) is 17.0 Å². The molecule has 3 nitrogen and oxygen atoms in total. The predicted octanol–water partition coefficient (Wildman–Crippen LogP) is 4.53. The lowest BCUT2D eigenvalue weighted by atomic mass is 9.84. The molecule has 3 heteroatoms. The van der Waals surface area contributed by atoms with E-state index >= 15 is 0 Å². The van der Waals surface area contributed by atoms with Gasteiger partial charge in [-0.3, -0.25) is 4.98 Å². The summed E-state index contributed by atoms with van der Waals surface area (Å²) in [6.07, 6.45) is 0.569. The average Bonchev–Trinajstić information content (AvgIpc) is 2.62. The summed E-state index contributed by atoms with van der Waals surface area (Å²) in [5, 5.41) is 19.8. The van der Waals surface area contributed by atoms with E-state index in [1.54, 1.807) is 0 Å². The van der Waals surface area contributed by atoms with E-state index in [0.717, 1.165) is 22.2 Å². The molecule has 1 heterocycles. The van der Waals surface area contributed by atoms with Crippen molar-refractivity contribution in [3.05, 3.63) is 77.5 Å². The Bertz CT molecular complexity index is 919. The fourth-order valence-corrected chi connectivity index (χ4v) is 2.96. The van der Waals surface area contributed by atoms with Crippen molar-refractivity contribution in [2.75, 3.05) is 0 Å². The predicted molar refractivity (Wildman–Crippen MR) is 94.1 cm³/mol. The van der Waals surface area contributed by atoms with Gasteiger partial charge in [0.15, 0.2) is 0 Å². The van der Waals surface area contributed by atoms with Gasteiger partial charge in [-0.25, -0.2) is 0 Å². The Kier molecular flexibility index (Phi) is 4.54. The van der Waals surface area contributed by atoms with E-state index in [0.29, 0.717) is 6.42 Å². The molecule has 0 saturated heterocycles.